The van der Waals surface area contributed by atoms with E-state index in [2.05, 4.69) is 10.6 Å². The van der Waals surface area contributed by atoms with Crippen molar-refractivity contribution in [1.29, 1.82) is 0 Å². The average Bonchev–Trinajstić information content (AvgIpc) is 2.68. The van der Waals surface area contributed by atoms with Gasteiger partial charge in [-0.25, -0.2) is 0 Å². The minimum absolute atomic E-state index is 0.0826. The highest BCUT2D eigenvalue weighted by Crippen LogP contribution is 2.14. The highest BCUT2D eigenvalue weighted by molar-refractivity contribution is 5.91. The van der Waals surface area contributed by atoms with E-state index in [9.17, 15) is 14.4 Å². The Kier molecular flexibility index (Phi) is 8.02. The molecule has 0 aromatic heterocycles. The fraction of sp³-hybridized carbons (Fsp3) is 0.286. The molecule has 0 unspecified atom stereocenters. The number of nitrogens with one attached hydrogen (secondary N) is 2. The van der Waals surface area contributed by atoms with Crippen molar-refractivity contribution in [2.45, 2.75) is 26.2 Å². The van der Waals surface area contributed by atoms with Crippen LogP contribution < -0.4 is 15.4 Å². The van der Waals surface area contributed by atoms with Crippen molar-refractivity contribution in [3.05, 3.63) is 59.7 Å². The Morgan fingerprint density at radius 3 is 2.18 bits per heavy atom. The van der Waals surface area contributed by atoms with E-state index in [1.807, 2.05) is 31.2 Å². The van der Waals surface area contributed by atoms with Crippen molar-refractivity contribution in [1.82, 2.24) is 5.32 Å². The predicted molar refractivity (Wildman–Crippen MR) is 105 cm³/mol. The first-order chi connectivity index (χ1) is 13.5. The molecule has 0 spiro atoms. The lowest BCUT2D eigenvalue weighted by atomic mass is 10.1. The molecule has 0 radical (unpaired) electrons. The van der Waals surface area contributed by atoms with Crippen LogP contribution in [-0.4, -0.2) is 36.0 Å². The molecule has 0 bridgehead atoms. The molecule has 0 saturated heterocycles. The number of benzene rings is 2. The fourth-order valence-corrected chi connectivity index (χ4v) is 2.53. The lowest BCUT2D eigenvalue weighted by Gasteiger charge is -2.08. The number of carboxylic acid groups (broad SMARTS) is 1. The number of aryl methyl sites for hydroxylation is 1. The highest BCUT2D eigenvalue weighted by Gasteiger charge is 2.07. The number of aliphatic carboxylic acids is 1. The molecule has 0 fully saturated rings. The lowest BCUT2D eigenvalue weighted by molar-refractivity contribution is -0.137. The Morgan fingerprint density at radius 2 is 1.57 bits per heavy atom. The summed E-state index contributed by atoms with van der Waals surface area (Å²) in [6.07, 6.45) is 1.06. The van der Waals surface area contributed by atoms with Crippen LogP contribution in [-0.2, 0) is 27.2 Å². The Balaban J connectivity index is 1.77. The Morgan fingerprint density at radius 1 is 0.929 bits per heavy atom. The van der Waals surface area contributed by atoms with E-state index >= 15 is 0 Å². The first-order valence-corrected chi connectivity index (χ1v) is 9.05. The molecular weight excluding hydrogens is 360 g/mol. The molecule has 0 saturated carbocycles. The number of ether oxygens (including phenoxy) is 1. The normalized spacial score (nSPS) is 10.2. The number of carboxylic acids is 1. The summed E-state index contributed by atoms with van der Waals surface area (Å²) in [6, 6.07) is 14.6. The van der Waals surface area contributed by atoms with Gasteiger partial charge in [0.2, 0.25) is 11.8 Å². The number of carbonyl (C=O) groups is 3. The van der Waals surface area contributed by atoms with E-state index in [4.69, 9.17) is 9.84 Å². The zero-order valence-corrected chi connectivity index (χ0v) is 15.7. The summed E-state index contributed by atoms with van der Waals surface area (Å²) in [5.74, 6) is -0.737. The molecule has 2 aromatic rings. The van der Waals surface area contributed by atoms with E-state index in [-0.39, 0.29) is 18.2 Å². The van der Waals surface area contributed by atoms with E-state index in [0.717, 1.165) is 16.9 Å². The molecule has 0 atom stereocenters. The summed E-state index contributed by atoms with van der Waals surface area (Å²) in [7, 11) is 0. The van der Waals surface area contributed by atoms with Crippen LogP contribution in [0.2, 0.25) is 0 Å². The van der Waals surface area contributed by atoms with Gasteiger partial charge in [-0.3, -0.25) is 14.4 Å². The van der Waals surface area contributed by atoms with Crippen molar-refractivity contribution < 1.29 is 24.2 Å². The molecule has 2 amide bonds. The first-order valence-electron chi connectivity index (χ1n) is 9.05. The third-order valence-electron chi connectivity index (χ3n) is 3.91. The second-order valence-corrected chi connectivity index (χ2v) is 6.17. The van der Waals surface area contributed by atoms with Gasteiger partial charge in [0.15, 0.2) is 0 Å². The lowest BCUT2D eigenvalue weighted by Crippen LogP contribution is -2.30. The van der Waals surface area contributed by atoms with Gasteiger partial charge in [0.1, 0.15) is 12.3 Å². The number of hydrogen-bond donors (Lipinski definition) is 3. The summed E-state index contributed by atoms with van der Waals surface area (Å²) in [5, 5.41) is 13.7. The van der Waals surface area contributed by atoms with E-state index in [1.54, 1.807) is 24.3 Å². The van der Waals surface area contributed by atoms with Crippen LogP contribution in [0, 0.1) is 0 Å². The molecular formula is C21H24N2O5. The molecule has 0 aliphatic heterocycles. The molecule has 2 rings (SSSR count). The molecule has 7 heteroatoms. The van der Waals surface area contributed by atoms with Crippen molar-refractivity contribution in [3.8, 4) is 5.75 Å². The maximum atomic E-state index is 12.1. The van der Waals surface area contributed by atoms with E-state index in [0.29, 0.717) is 25.1 Å². The van der Waals surface area contributed by atoms with Gasteiger partial charge >= 0.3 is 5.97 Å². The molecule has 0 heterocycles. The van der Waals surface area contributed by atoms with Crippen LogP contribution in [0.5, 0.6) is 5.75 Å². The Hall–Kier alpha value is -3.35. The molecule has 0 aliphatic rings. The molecule has 28 heavy (non-hydrogen) atoms. The quantitative estimate of drug-likeness (QED) is 0.583. The largest absolute Gasteiger partial charge is 0.494 e. The minimum atomic E-state index is -1.09. The molecule has 2 aromatic carbocycles. The summed E-state index contributed by atoms with van der Waals surface area (Å²) in [6.45, 7) is 2.15. The van der Waals surface area contributed by atoms with Crippen LogP contribution in [0.3, 0.4) is 0 Å². The van der Waals surface area contributed by atoms with Crippen molar-refractivity contribution in [3.63, 3.8) is 0 Å². The molecule has 3 N–H and O–H groups in total. The van der Waals surface area contributed by atoms with E-state index in [1.165, 1.54) is 0 Å². The van der Waals surface area contributed by atoms with Gasteiger partial charge in [0, 0.05) is 12.1 Å². The molecule has 148 valence electrons. The summed E-state index contributed by atoms with van der Waals surface area (Å²) >= 11 is 0. The topological polar surface area (TPSA) is 105 Å². The second kappa shape index (κ2) is 10.7. The number of rotatable bonds is 10. The zero-order valence-electron chi connectivity index (χ0n) is 15.7. The Bertz CT molecular complexity index is 801. The van der Waals surface area contributed by atoms with E-state index < -0.39 is 12.5 Å². The number of anilines is 1. The van der Waals surface area contributed by atoms with Gasteiger partial charge in [0.05, 0.1) is 13.0 Å². The van der Waals surface area contributed by atoms with Gasteiger partial charge in [-0.2, -0.15) is 0 Å². The smallest absolute Gasteiger partial charge is 0.322 e. The van der Waals surface area contributed by atoms with Gasteiger partial charge < -0.3 is 20.5 Å². The maximum absolute atomic E-state index is 12.1. The molecule has 7 nitrogen and oxygen atoms in total. The van der Waals surface area contributed by atoms with Crippen LogP contribution in [0.15, 0.2) is 48.5 Å². The highest BCUT2D eigenvalue weighted by atomic mass is 16.5. The van der Waals surface area contributed by atoms with Gasteiger partial charge in [-0.1, -0.05) is 24.3 Å². The van der Waals surface area contributed by atoms with Crippen molar-refractivity contribution >= 4 is 23.5 Å². The third-order valence-corrected chi connectivity index (χ3v) is 3.91. The minimum Gasteiger partial charge on any atom is -0.494 e. The van der Waals surface area contributed by atoms with Gasteiger partial charge in [-0.05, 0) is 48.7 Å². The standard InChI is InChI=1S/C21H24N2O5/c1-2-28-18-10-5-15(6-11-18)7-12-19(24)23-17-8-3-16(4-9-17)13-20(25)22-14-21(26)27/h3-6,8-11H,2,7,12-14H2,1H3,(H,22,25)(H,23,24)(H,26,27). The number of carbonyl (C=O) groups excluding carboxylic acids is 2. The van der Waals surface area contributed by atoms with Crippen molar-refractivity contribution in [2.24, 2.45) is 0 Å². The van der Waals surface area contributed by atoms with Crippen LogP contribution >= 0.6 is 0 Å². The average molecular weight is 384 g/mol. The third kappa shape index (κ3) is 7.49. The first kappa shape index (κ1) is 21.0. The monoisotopic (exact) mass is 384 g/mol. The number of hydrogen-bond acceptors (Lipinski definition) is 4. The summed E-state index contributed by atoms with van der Waals surface area (Å²) in [5.41, 5.74) is 2.43. The predicted octanol–water partition coefficient (Wildman–Crippen LogP) is 2.40. The van der Waals surface area contributed by atoms with Crippen molar-refractivity contribution in [2.75, 3.05) is 18.5 Å². The van der Waals surface area contributed by atoms with Crippen LogP contribution in [0.1, 0.15) is 24.5 Å². The second-order valence-electron chi connectivity index (χ2n) is 6.17. The Labute approximate surface area is 163 Å². The SMILES string of the molecule is CCOc1ccc(CCC(=O)Nc2ccc(CC(=O)NCC(=O)O)cc2)cc1. The van der Waals surface area contributed by atoms with Gasteiger partial charge in [0.25, 0.3) is 0 Å². The maximum Gasteiger partial charge on any atom is 0.322 e. The molecule has 0 aliphatic carbocycles. The summed E-state index contributed by atoms with van der Waals surface area (Å²) < 4.78 is 5.39. The fourth-order valence-electron chi connectivity index (χ4n) is 2.53. The van der Waals surface area contributed by atoms with Gasteiger partial charge in [-0.15, -0.1) is 0 Å². The van der Waals surface area contributed by atoms with Crippen LogP contribution in [0.25, 0.3) is 0 Å². The zero-order chi connectivity index (χ0) is 20.4. The van der Waals surface area contributed by atoms with Crippen LogP contribution in [0.4, 0.5) is 5.69 Å². The number of amides is 2. The summed E-state index contributed by atoms with van der Waals surface area (Å²) in [4.78, 5) is 34.1.